The number of carbonyl (C=O) groups is 1. The van der Waals surface area contributed by atoms with Gasteiger partial charge in [-0.25, -0.2) is 0 Å². The number of benzene rings is 1. The van der Waals surface area contributed by atoms with Crippen LogP contribution in [0.25, 0.3) is 0 Å². The molecule has 23 heavy (non-hydrogen) atoms. The summed E-state index contributed by atoms with van der Waals surface area (Å²) in [6, 6.07) is 8.11. The van der Waals surface area contributed by atoms with Crippen molar-refractivity contribution in [2.24, 2.45) is 5.92 Å². The number of amides is 1. The Morgan fingerprint density at radius 3 is 2.74 bits per heavy atom. The first-order chi connectivity index (χ1) is 11.0. The quantitative estimate of drug-likeness (QED) is 0.799. The Hall–Kier alpha value is -1.59. The molecule has 1 heterocycles. The minimum absolute atomic E-state index is 0.0816. The van der Waals surface area contributed by atoms with Crippen LogP contribution in [-0.2, 0) is 16.0 Å². The Labute approximate surface area is 139 Å². The Morgan fingerprint density at radius 1 is 1.43 bits per heavy atom. The second-order valence-electron chi connectivity index (χ2n) is 6.50. The van der Waals surface area contributed by atoms with Gasteiger partial charge in [0, 0.05) is 26.7 Å². The van der Waals surface area contributed by atoms with E-state index >= 15 is 0 Å². The van der Waals surface area contributed by atoms with Crippen LogP contribution in [0.4, 0.5) is 0 Å². The smallest absolute Gasteiger partial charge is 0.252 e. The maximum atomic E-state index is 12.5. The van der Waals surface area contributed by atoms with Crippen LogP contribution in [0.15, 0.2) is 24.3 Å². The number of ether oxygens (including phenoxy) is 2. The van der Waals surface area contributed by atoms with E-state index in [0.717, 1.165) is 25.3 Å². The van der Waals surface area contributed by atoms with Crippen LogP contribution in [0.1, 0.15) is 12.5 Å². The van der Waals surface area contributed by atoms with Crippen molar-refractivity contribution in [2.45, 2.75) is 19.4 Å². The first kappa shape index (κ1) is 17.8. The maximum absolute atomic E-state index is 12.5. The van der Waals surface area contributed by atoms with Crippen LogP contribution in [-0.4, -0.2) is 69.3 Å². The summed E-state index contributed by atoms with van der Waals surface area (Å²) in [7, 11) is 5.56. The number of likely N-dealkylation sites (N-methyl/N-ethyl adjacent to an activating group) is 2. The summed E-state index contributed by atoms with van der Waals surface area (Å²) in [5.41, 5.74) is 1.26. The number of rotatable bonds is 6. The summed E-state index contributed by atoms with van der Waals surface area (Å²) in [5.74, 6) is 1.34. The van der Waals surface area contributed by atoms with Crippen molar-refractivity contribution in [2.75, 3.05) is 47.4 Å². The van der Waals surface area contributed by atoms with Gasteiger partial charge in [0.15, 0.2) is 0 Å². The van der Waals surface area contributed by atoms with Gasteiger partial charge in [0.25, 0.3) is 5.91 Å². The fraction of sp³-hybridized carbons (Fsp3) is 0.611. The lowest BCUT2D eigenvalue weighted by molar-refractivity contribution is -0.147. The predicted octanol–water partition coefficient (Wildman–Crippen LogP) is 1.66. The van der Waals surface area contributed by atoms with Crippen molar-refractivity contribution in [1.29, 1.82) is 0 Å². The molecule has 0 aromatic heterocycles. The SMILES string of the molecule is COc1ccc(C[C@H](C)CN(C)C(=O)[C@H]2CN(C)CCO2)cc1. The average Bonchev–Trinajstić information content (AvgIpc) is 2.54. The summed E-state index contributed by atoms with van der Waals surface area (Å²) < 4.78 is 10.8. The molecule has 2 rings (SSSR count). The third-order valence-electron chi connectivity index (χ3n) is 4.25. The van der Waals surface area contributed by atoms with E-state index in [4.69, 9.17) is 9.47 Å². The van der Waals surface area contributed by atoms with Crippen LogP contribution in [0.2, 0.25) is 0 Å². The van der Waals surface area contributed by atoms with Crippen molar-refractivity contribution in [3.8, 4) is 5.75 Å². The second kappa shape index (κ2) is 8.31. The second-order valence-corrected chi connectivity index (χ2v) is 6.50. The molecule has 1 amide bonds. The molecule has 1 aliphatic heterocycles. The highest BCUT2D eigenvalue weighted by atomic mass is 16.5. The third-order valence-corrected chi connectivity index (χ3v) is 4.25. The first-order valence-corrected chi connectivity index (χ1v) is 8.17. The highest BCUT2D eigenvalue weighted by Crippen LogP contribution is 2.16. The summed E-state index contributed by atoms with van der Waals surface area (Å²) in [6.45, 7) is 5.09. The standard InChI is InChI=1S/C18H28N2O3/c1-14(11-15-5-7-16(22-4)8-6-15)12-20(3)18(21)17-13-19(2)9-10-23-17/h5-8,14,17H,9-13H2,1-4H3/t14-,17+/m0/s1. The van der Waals surface area contributed by atoms with Crippen molar-refractivity contribution < 1.29 is 14.3 Å². The summed E-state index contributed by atoms with van der Waals surface area (Å²) in [5, 5.41) is 0. The van der Waals surface area contributed by atoms with Crippen LogP contribution in [0.3, 0.4) is 0 Å². The fourth-order valence-corrected chi connectivity index (χ4v) is 2.96. The van der Waals surface area contributed by atoms with E-state index in [2.05, 4.69) is 24.0 Å². The number of methoxy groups -OCH3 is 1. The zero-order valence-corrected chi connectivity index (χ0v) is 14.6. The van der Waals surface area contributed by atoms with Crippen molar-refractivity contribution in [3.63, 3.8) is 0 Å². The fourth-order valence-electron chi connectivity index (χ4n) is 2.96. The van der Waals surface area contributed by atoms with E-state index in [1.807, 2.05) is 26.2 Å². The molecule has 0 aliphatic carbocycles. The molecule has 5 heteroatoms. The van der Waals surface area contributed by atoms with Crippen molar-refractivity contribution in [1.82, 2.24) is 9.80 Å². The van der Waals surface area contributed by atoms with Gasteiger partial charge in [-0.15, -0.1) is 0 Å². The number of hydrogen-bond donors (Lipinski definition) is 0. The Kier molecular flexibility index (Phi) is 6.42. The largest absolute Gasteiger partial charge is 0.497 e. The zero-order valence-electron chi connectivity index (χ0n) is 14.6. The number of hydrogen-bond acceptors (Lipinski definition) is 4. The minimum Gasteiger partial charge on any atom is -0.497 e. The van der Waals surface area contributed by atoms with Crippen molar-refractivity contribution in [3.05, 3.63) is 29.8 Å². The zero-order chi connectivity index (χ0) is 16.8. The molecule has 0 spiro atoms. The van der Waals surface area contributed by atoms with Crippen LogP contribution < -0.4 is 4.74 Å². The lowest BCUT2D eigenvalue weighted by Crippen LogP contribution is -2.49. The molecule has 0 radical (unpaired) electrons. The van der Waals surface area contributed by atoms with Crippen LogP contribution in [0, 0.1) is 5.92 Å². The molecular formula is C18H28N2O3. The molecule has 2 atom stereocenters. The molecule has 0 N–H and O–H groups in total. The van der Waals surface area contributed by atoms with Gasteiger partial charge < -0.3 is 19.3 Å². The topological polar surface area (TPSA) is 42.0 Å². The molecule has 0 unspecified atom stereocenters. The van der Waals surface area contributed by atoms with E-state index in [1.54, 1.807) is 12.0 Å². The lowest BCUT2D eigenvalue weighted by atomic mass is 10.0. The van der Waals surface area contributed by atoms with Crippen LogP contribution in [0.5, 0.6) is 5.75 Å². The van der Waals surface area contributed by atoms with Gasteiger partial charge in [0.2, 0.25) is 0 Å². The predicted molar refractivity (Wildman–Crippen MR) is 90.7 cm³/mol. The monoisotopic (exact) mass is 320 g/mol. The molecule has 0 bridgehead atoms. The highest BCUT2D eigenvalue weighted by Gasteiger charge is 2.27. The van der Waals surface area contributed by atoms with E-state index in [0.29, 0.717) is 19.1 Å². The Morgan fingerprint density at radius 2 is 2.13 bits per heavy atom. The van der Waals surface area contributed by atoms with E-state index in [1.165, 1.54) is 5.56 Å². The van der Waals surface area contributed by atoms with Crippen LogP contribution >= 0.6 is 0 Å². The normalized spacial score (nSPS) is 20.1. The molecule has 1 saturated heterocycles. The Bertz CT molecular complexity index is 503. The Balaban J connectivity index is 1.83. The van der Waals surface area contributed by atoms with Gasteiger partial charge in [-0.2, -0.15) is 0 Å². The molecule has 128 valence electrons. The van der Waals surface area contributed by atoms with Gasteiger partial charge >= 0.3 is 0 Å². The van der Waals surface area contributed by atoms with E-state index in [-0.39, 0.29) is 12.0 Å². The van der Waals surface area contributed by atoms with Gasteiger partial charge in [-0.1, -0.05) is 19.1 Å². The third kappa shape index (κ3) is 5.22. The molecule has 1 aliphatic rings. The molecular weight excluding hydrogens is 292 g/mol. The first-order valence-electron chi connectivity index (χ1n) is 8.17. The minimum atomic E-state index is -0.327. The molecule has 1 aromatic rings. The highest BCUT2D eigenvalue weighted by molar-refractivity contribution is 5.81. The molecule has 0 saturated carbocycles. The van der Waals surface area contributed by atoms with E-state index < -0.39 is 0 Å². The molecule has 1 fully saturated rings. The van der Waals surface area contributed by atoms with Gasteiger partial charge in [-0.3, -0.25) is 4.79 Å². The summed E-state index contributed by atoms with van der Waals surface area (Å²) >= 11 is 0. The molecule has 1 aromatic carbocycles. The van der Waals surface area contributed by atoms with Gasteiger partial charge in [0.1, 0.15) is 11.9 Å². The summed E-state index contributed by atoms with van der Waals surface area (Å²) in [6.07, 6.45) is 0.611. The number of nitrogens with zero attached hydrogens (tertiary/aromatic N) is 2. The average molecular weight is 320 g/mol. The lowest BCUT2D eigenvalue weighted by Gasteiger charge is -2.32. The molecule has 5 nitrogen and oxygen atoms in total. The number of carbonyl (C=O) groups excluding carboxylic acids is 1. The van der Waals surface area contributed by atoms with Crippen molar-refractivity contribution >= 4 is 5.91 Å². The number of morpholine rings is 1. The summed E-state index contributed by atoms with van der Waals surface area (Å²) in [4.78, 5) is 16.4. The maximum Gasteiger partial charge on any atom is 0.252 e. The van der Waals surface area contributed by atoms with Gasteiger partial charge in [0.05, 0.1) is 13.7 Å². The van der Waals surface area contributed by atoms with E-state index in [9.17, 15) is 4.79 Å². The van der Waals surface area contributed by atoms with Gasteiger partial charge in [-0.05, 0) is 37.1 Å².